The van der Waals surface area contributed by atoms with Crippen LogP contribution in [0.15, 0.2) is 47.6 Å². The van der Waals surface area contributed by atoms with Crippen molar-refractivity contribution in [1.82, 2.24) is 5.43 Å². The summed E-state index contributed by atoms with van der Waals surface area (Å²) < 4.78 is 1.11. The fourth-order valence-electron chi connectivity index (χ4n) is 1.81. The van der Waals surface area contributed by atoms with Crippen molar-refractivity contribution in [2.24, 2.45) is 5.10 Å². The molecule has 2 aromatic carbocycles. The minimum atomic E-state index is -0.812. The van der Waals surface area contributed by atoms with E-state index in [4.69, 9.17) is 0 Å². The number of hydrogen-bond donors (Lipinski definition) is 2. The first kappa shape index (κ1) is 17.1. The van der Waals surface area contributed by atoms with Crippen molar-refractivity contribution in [2.45, 2.75) is 13.8 Å². The Bertz CT molecular complexity index is 755. The lowest BCUT2D eigenvalue weighted by atomic mass is 10.1. The second-order valence-electron chi connectivity index (χ2n) is 5.02. The molecule has 5 nitrogen and oxygen atoms in total. The van der Waals surface area contributed by atoms with E-state index in [0.717, 1.165) is 20.3 Å². The molecule has 0 aliphatic rings. The highest BCUT2D eigenvalue weighted by atomic mass is 127. The molecule has 0 fully saturated rings. The first-order chi connectivity index (χ1) is 11.0. The second-order valence-corrected chi connectivity index (χ2v) is 6.27. The maximum Gasteiger partial charge on any atom is 0.329 e. The van der Waals surface area contributed by atoms with Crippen LogP contribution in [0.1, 0.15) is 16.7 Å². The van der Waals surface area contributed by atoms with E-state index in [-0.39, 0.29) is 0 Å². The van der Waals surface area contributed by atoms with Gasteiger partial charge in [-0.3, -0.25) is 9.59 Å². The van der Waals surface area contributed by atoms with E-state index in [1.807, 2.05) is 56.3 Å². The Morgan fingerprint density at radius 1 is 1.04 bits per heavy atom. The Morgan fingerprint density at radius 2 is 1.74 bits per heavy atom. The molecule has 0 atom stereocenters. The molecule has 6 heteroatoms. The van der Waals surface area contributed by atoms with Crippen LogP contribution in [0.3, 0.4) is 0 Å². The Kier molecular flexibility index (Phi) is 5.86. The number of benzene rings is 2. The molecule has 0 spiro atoms. The molecule has 118 valence electrons. The van der Waals surface area contributed by atoms with Gasteiger partial charge in [0.25, 0.3) is 0 Å². The van der Waals surface area contributed by atoms with Crippen LogP contribution in [0.2, 0.25) is 0 Å². The normalized spacial score (nSPS) is 10.6. The third-order valence-corrected chi connectivity index (χ3v) is 3.82. The zero-order valence-electron chi connectivity index (χ0n) is 12.8. The van der Waals surface area contributed by atoms with Crippen LogP contribution in [0.25, 0.3) is 0 Å². The molecule has 0 aliphatic heterocycles. The van der Waals surface area contributed by atoms with Crippen molar-refractivity contribution in [2.75, 3.05) is 5.32 Å². The predicted molar refractivity (Wildman–Crippen MR) is 99.4 cm³/mol. The van der Waals surface area contributed by atoms with Gasteiger partial charge < -0.3 is 5.32 Å². The number of amides is 2. The lowest BCUT2D eigenvalue weighted by molar-refractivity contribution is -0.136. The van der Waals surface area contributed by atoms with Crippen molar-refractivity contribution in [3.8, 4) is 0 Å². The van der Waals surface area contributed by atoms with Crippen molar-refractivity contribution in [3.05, 3.63) is 62.7 Å². The van der Waals surface area contributed by atoms with E-state index in [1.165, 1.54) is 6.21 Å². The minimum Gasteiger partial charge on any atom is -0.317 e. The largest absolute Gasteiger partial charge is 0.329 e. The molecule has 0 aliphatic carbocycles. The van der Waals surface area contributed by atoms with Crippen LogP contribution in [-0.2, 0) is 9.59 Å². The zero-order valence-corrected chi connectivity index (χ0v) is 14.9. The second kappa shape index (κ2) is 7.87. The number of nitrogens with one attached hydrogen (secondary N) is 2. The van der Waals surface area contributed by atoms with Crippen LogP contribution in [0.5, 0.6) is 0 Å². The smallest absolute Gasteiger partial charge is 0.317 e. The number of aryl methyl sites for hydroxylation is 2. The molecule has 0 unspecified atom stereocenters. The first-order valence-corrected chi connectivity index (χ1v) is 8.01. The Hall–Kier alpha value is -2.22. The summed E-state index contributed by atoms with van der Waals surface area (Å²) in [6, 6.07) is 13.2. The van der Waals surface area contributed by atoms with Gasteiger partial charge in [-0.05, 0) is 71.3 Å². The molecule has 2 amide bonds. The fraction of sp³-hybridized carbons (Fsp3) is 0.118. The first-order valence-electron chi connectivity index (χ1n) is 6.93. The number of carbonyl (C=O) groups excluding carboxylic acids is 2. The monoisotopic (exact) mass is 421 g/mol. The van der Waals surface area contributed by atoms with E-state index < -0.39 is 11.8 Å². The van der Waals surface area contributed by atoms with Crippen LogP contribution in [0, 0.1) is 17.4 Å². The van der Waals surface area contributed by atoms with Crippen molar-refractivity contribution in [1.29, 1.82) is 0 Å². The van der Waals surface area contributed by atoms with Crippen molar-refractivity contribution < 1.29 is 9.59 Å². The number of nitrogens with zero attached hydrogens (tertiary/aromatic N) is 1. The summed E-state index contributed by atoms with van der Waals surface area (Å²) in [5.74, 6) is -1.56. The number of hydrogen-bond acceptors (Lipinski definition) is 3. The number of anilines is 1. The summed E-state index contributed by atoms with van der Waals surface area (Å²) in [4.78, 5) is 23.6. The van der Waals surface area contributed by atoms with Gasteiger partial charge in [-0.1, -0.05) is 24.3 Å². The summed E-state index contributed by atoms with van der Waals surface area (Å²) in [5, 5.41) is 6.37. The van der Waals surface area contributed by atoms with Crippen LogP contribution in [-0.4, -0.2) is 18.0 Å². The van der Waals surface area contributed by atoms with Crippen molar-refractivity contribution in [3.63, 3.8) is 0 Å². The lowest BCUT2D eigenvalue weighted by Crippen LogP contribution is -2.32. The fourth-order valence-corrected chi connectivity index (χ4v) is 2.17. The summed E-state index contributed by atoms with van der Waals surface area (Å²) >= 11 is 2.20. The minimum absolute atomic E-state index is 0.617. The Labute approximate surface area is 148 Å². The summed E-state index contributed by atoms with van der Waals surface area (Å²) in [5.41, 5.74) is 5.56. The number of rotatable bonds is 3. The van der Waals surface area contributed by atoms with Gasteiger partial charge in [0.1, 0.15) is 0 Å². The third kappa shape index (κ3) is 5.17. The quantitative estimate of drug-likeness (QED) is 0.346. The van der Waals surface area contributed by atoms with Crippen molar-refractivity contribution >= 4 is 46.3 Å². The Balaban J connectivity index is 1.93. The standard InChI is InChI=1S/C17H16IN3O2/c1-11-3-4-12(2)15(9-11)20-16(22)17(23)21-19-10-13-5-7-14(18)8-6-13/h3-10H,1-2H3,(H,20,22)(H,21,23). The van der Waals surface area contributed by atoms with Gasteiger partial charge >= 0.3 is 11.8 Å². The van der Waals surface area contributed by atoms with Gasteiger partial charge in [0.2, 0.25) is 0 Å². The van der Waals surface area contributed by atoms with Gasteiger partial charge in [-0.25, -0.2) is 5.43 Å². The van der Waals surface area contributed by atoms with Gasteiger partial charge in [0.05, 0.1) is 6.21 Å². The van der Waals surface area contributed by atoms with E-state index in [1.54, 1.807) is 0 Å². The molecule has 2 N–H and O–H groups in total. The third-order valence-electron chi connectivity index (χ3n) is 3.10. The van der Waals surface area contributed by atoms with Gasteiger partial charge in [0.15, 0.2) is 0 Å². The predicted octanol–water partition coefficient (Wildman–Crippen LogP) is 3.00. The van der Waals surface area contributed by atoms with E-state index in [2.05, 4.69) is 38.4 Å². The summed E-state index contributed by atoms with van der Waals surface area (Å²) in [6.07, 6.45) is 1.49. The van der Waals surface area contributed by atoms with E-state index >= 15 is 0 Å². The molecule has 2 rings (SSSR count). The molecular formula is C17H16IN3O2. The van der Waals surface area contributed by atoms with Crippen LogP contribution >= 0.6 is 22.6 Å². The van der Waals surface area contributed by atoms with Gasteiger partial charge in [-0.15, -0.1) is 0 Å². The molecule has 0 bridgehead atoms. The molecule has 2 aromatic rings. The average molecular weight is 421 g/mol. The average Bonchev–Trinajstić information content (AvgIpc) is 2.52. The van der Waals surface area contributed by atoms with Gasteiger partial charge in [0, 0.05) is 9.26 Å². The highest BCUT2D eigenvalue weighted by Crippen LogP contribution is 2.16. The Morgan fingerprint density at radius 3 is 2.43 bits per heavy atom. The summed E-state index contributed by atoms with van der Waals surface area (Å²) in [6.45, 7) is 3.78. The number of hydrazone groups is 1. The number of halogens is 1. The molecule has 23 heavy (non-hydrogen) atoms. The molecule has 0 saturated carbocycles. The summed E-state index contributed by atoms with van der Waals surface area (Å²) in [7, 11) is 0. The maximum absolute atomic E-state index is 11.9. The highest BCUT2D eigenvalue weighted by Gasteiger charge is 2.13. The zero-order chi connectivity index (χ0) is 16.8. The maximum atomic E-state index is 11.9. The molecule has 0 radical (unpaired) electrons. The molecular weight excluding hydrogens is 405 g/mol. The topological polar surface area (TPSA) is 70.6 Å². The molecule has 0 heterocycles. The highest BCUT2D eigenvalue weighted by molar-refractivity contribution is 14.1. The van der Waals surface area contributed by atoms with Gasteiger partial charge in [-0.2, -0.15) is 5.10 Å². The lowest BCUT2D eigenvalue weighted by Gasteiger charge is -2.08. The van der Waals surface area contributed by atoms with Crippen LogP contribution in [0.4, 0.5) is 5.69 Å². The molecule has 0 aromatic heterocycles. The SMILES string of the molecule is Cc1ccc(C)c(NC(=O)C(=O)NN=Cc2ccc(I)cc2)c1. The molecule has 0 saturated heterocycles. The number of carbonyl (C=O) groups is 2. The van der Waals surface area contributed by atoms with E-state index in [0.29, 0.717) is 5.69 Å². The van der Waals surface area contributed by atoms with Crippen LogP contribution < -0.4 is 10.7 Å². The van der Waals surface area contributed by atoms with E-state index in [9.17, 15) is 9.59 Å².